The molecule has 0 aromatic heterocycles. The van der Waals surface area contributed by atoms with Crippen LogP contribution >= 0.6 is 11.8 Å². The molecule has 1 fully saturated rings. The first-order valence-electron chi connectivity index (χ1n) is 10.2. The molecule has 2 amide bonds. The first kappa shape index (κ1) is 19.8. The van der Waals surface area contributed by atoms with Crippen LogP contribution in [0.1, 0.15) is 23.1 Å². The van der Waals surface area contributed by atoms with Crippen molar-refractivity contribution in [3.63, 3.8) is 0 Å². The summed E-state index contributed by atoms with van der Waals surface area (Å²) in [5.74, 6) is -0.206. The summed E-state index contributed by atoms with van der Waals surface area (Å²) in [6.07, 6.45) is 0.302. The zero-order valence-corrected chi connectivity index (χ0v) is 17.9. The Balaban J connectivity index is 1.67. The van der Waals surface area contributed by atoms with Crippen molar-refractivity contribution in [1.82, 2.24) is 0 Å². The Bertz CT molecular complexity index is 1180. The minimum Gasteiger partial charge on any atom is -0.304 e. The number of aryl methyl sites for hydroxylation is 1. The summed E-state index contributed by atoms with van der Waals surface area (Å²) >= 11 is 1.45. The Morgan fingerprint density at radius 1 is 1.00 bits per heavy atom. The van der Waals surface area contributed by atoms with Gasteiger partial charge in [0.1, 0.15) is 5.82 Å². The van der Waals surface area contributed by atoms with Crippen molar-refractivity contribution in [3.8, 4) is 0 Å². The maximum absolute atomic E-state index is 14.5. The Labute approximate surface area is 184 Å². The molecule has 0 unspecified atom stereocenters. The molecule has 2 aliphatic heterocycles. The molecule has 4 nitrogen and oxygen atoms in total. The second kappa shape index (κ2) is 7.54. The fraction of sp³-hybridized carbons (Fsp3) is 0.200. The van der Waals surface area contributed by atoms with Crippen LogP contribution in [0.25, 0.3) is 0 Å². The number of hydrogen-bond acceptors (Lipinski definition) is 3. The largest absolute Gasteiger partial charge is 0.304 e. The van der Waals surface area contributed by atoms with Gasteiger partial charge in [-0.2, -0.15) is 0 Å². The molecule has 156 valence electrons. The average Bonchev–Trinajstić information content (AvgIpc) is 3.00. The van der Waals surface area contributed by atoms with Crippen LogP contribution in [0.5, 0.6) is 0 Å². The Morgan fingerprint density at radius 2 is 1.74 bits per heavy atom. The van der Waals surface area contributed by atoms with E-state index in [1.54, 1.807) is 24.0 Å². The molecule has 1 spiro atoms. The van der Waals surface area contributed by atoms with Crippen LogP contribution in [0.2, 0.25) is 0 Å². The molecule has 1 saturated heterocycles. The standard InChI is InChI=1S/C25H21FN2O2S/c1-17-11-12-19(15-21(17)26)28-23(29)13-14-31-25(28)20-9-5-6-10-22(20)27(24(25)30)16-18-7-3-2-4-8-18/h2-12,15H,13-14,16H2,1H3/t25-/m1/s1. The minimum absolute atomic E-state index is 0.170. The van der Waals surface area contributed by atoms with Crippen molar-refractivity contribution < 1.29 is 14.0 Å². The summed E-state index contributed by atoms with van der Waals surface area (Å²) in [4.78, 5) is 29.3. The van der Waals surface area contributed by atoms with Gasteiger partial charge >= 0.3 is 0 Å². The molecule has 3 aromatic rings. The van der Waals surface area contributed by atoms with Crippen molar-refractivity contribution >= 4 is 35.0 Å². The summed E-state index contributed by atoms with van der Waals surface area (Å²) in [6.45, 7) is 2.09. The predicted octanol–water partition coefficient (Wildman–Crippen LogP) is 5.00. The number of para-hydroxylation sites is 1. The highest BCUT2D eigenvalue weighted by Crippen LogP contribution is 2.54. The molecular weight excluding hydrogens is 411 g/mol. The third-order valence-corrected chi connectivity index (χ3v) is 7.29. The quantitative estimate of drug-likeness (QED) is 0.585. The molecule has 31 heavy (non-hydrogen) atoms. The van der Waals surface area contributed by atoms with Gasteiger partial charge < -0.3 is 4.90 Å². The maximum atomic E-state index is 14.5. The topological polar surface area (TPSA) is 40.6 Å². The average molecular weight is 433 g/mol. The van der Waals surface area contributed by atoms with E-state index < -0.39 is 10.7 Å². The number of carbonyl (C=O) groups is 2. The van der Waals surface area contributed by atoms with Gasteiger partial charge in [0.05, 0.1) is 12.2 Å². The van der Waals surface area contributed by atoms with Gasteiger partial charge in [0, 0.05) is 23.4 Å². The van der Waals surface area contributed by atoms with Crippen molar-refractivity contribution in [2.75, 3.05) is 15.6 Å². The molecule has 0 aliphatic carbocycles. The van der Waals surface area contributed by atoms with Gasteiger partial charge in [-0.3, -0.25) is 14.5 Å². The number of hydrogen-bond donors (Lipinski definition) is 0. The zero-order chi connectivity index (χ0) is 21.6. The molecule has 3 aromatic carbocycles. The molecular formula is C25H21FN2O2S. The third-order valence-electron chi connectivity index (χ3n) is 5.88. The van der Waals surface area contributed by atoms with E-state index in [-0.39, 0.29) is 11.8 Å². The van der Waals surface area contributed by atoms with Gasteiger partial charge in [-0.1, -0.05) is 54.6 Å². The van der Waals surface area contributed by atoms with Crippen LogP contribution in [-0.2, 0) is 21.0 Å². The number of nitrogens with zero attached hydrogens (tertiary/aromatic N) is 2. The summed E-state index contributed by atoms with van der Waals surface area (Å²) < 4.78 is 14.5. The Kier molecular flexibility index (Phi) is 4.82. The summed E-state index contributed by atoms with van der Waals surface area (Å²) in [5, 5.41) is 0. The van der Waals surface area contributed by atoms with Crippen molar-refractivity contribution in [2.24, 2.45) is 0 Å². The molecule has 0 N–H and O–H groups in total. The molecule has 0 saturated carbocycles. The fourth-order valence-corrected chi connectivity index (χ4v) is 5.84. The second-order valence-corrected chi connectivity index (χ2v) is 9.09. The Hall–Kier alpha value is -3.12. The lowest BCUT2D eigenvalue weighted by molar-refractivity contribution is -0.125. The highest BCUT2D eigenvalue weighted by molar-refractivity contribution is 8.01. The molecule has 6 heteroatoms. The van der Waals surface area contributed by atoms with E-state index in [4.69, 9.17) is 0 Å². The van der Waals surface area contributed by atoms with Crippen LogP contribution in [0.3, 0.4) is 0 Å². The molecule has 0 bridgehead atoms. The van der Waals surface area contributed by atoms with E-state index >= 15 is 0 Å². The van der Waals surface area contributed by atoms with Gasteiger partial charge in [-0.15, -0.1) is 11.8 Å². The third kappa shape index (κ3) is 3.05. The van der Waals surface area contributed by atoms with Crippen LogP contribution in [-0.4, -0.2) is 17.6 Å². The van der Waals surface area contributed by atoms with E-state index in [1.165, 1.54) is 22.7 Å². The van der Waals surface area contributed by atoms with Crippen molar-refractivity contribution in [3.05, 3.63) is 95.3 Å². The molecule has 2 heterocycles. The molecule has 5 rings (SSSR count). The summed E-state index contributed by atoms with van der Waals surface area (Å²) in [5.41, 5.74) is 3.47. The van der Waals surface area contributed by atoms with E-state index in [2.05, 4.69) is 0 Å². The predicted molar refractivity (Wildman–Crippen MR) is 121 cm³/mol. The van der Waals surface area contributed by atoms with E-state index in [9.17, 15) is 14.0 Å². The normalized spacial score (nSPS) is 20.5. The maximum Gasteiger partial charge on any atom is 0.269 e. The molecule has 0 radical (unpaired) electrons. The number of halogens is 1. The molecule has 2 aliphatic rings. The van der Waals surface area contributed by atoms with E-state index in [1.807, 2.05) is 54.6 Å². The number of thioether (sulfide) groups is 1. The van der Waals surface area contributed by atoms with Crippen molar-refractivity contribution in [1.29, 1.82) is 0 Å². The number of carbonyl (C=O) groups excluding carboxylic acids is 2. The zero-order valence-electron chi connectivity index (χ0n) is 17.0. The Morgan fingerprint density at radius 3 is 2.52 bits per heavy atom. The van der Waals surface area contributed by atoms with Crippen molar-refractivity contribution in [2.45, 2.75) is 24.8 Å². The van der Waals surface area contributed by atoms with Gasteiger partial charge in [-0.05, 0) is 36.2 Å². The SMILES string of the molecule is Cc1ccc(N2C(=O)CCS[C@]23C(=O)N(Cc2ccccc2)c2ccccc23)cc1F. The van der Waals surface area contributed by atoms with Gasteiger partial charge in [0.15, 0.2) is 0 Å². The van der Waals surface area contributed by atoms with Gasteiger partial charge in [0.25, 0.3) is 5.91 Å². The summed E-state index contributed by atoms with van der Waals surface area (Å²) in [6, 6.07) is 22.1. The first-order chi connectivity index (χ1) is 15.0. The number of anilines is 2. The number of amides is 2. The van der Waals surface area contributed by atoms with Crippen LogP contribution < -0.4 is 9.80 Å². The van der Waals surface area contributed by atoms with Gasteiger partial charge in [0.2, 0.25) is 10.8 Å². The lowest BCUT2D eigenvalue weighted by Crippen LogP contribution is -2.56. The minimum atomic E-state index is -1.23. The fourth-order valence-electron chi connectivity index (χ4n) is 4.37. The smallest absolute Gasteiger partial charge is 0.269 e. The lowest BCUT2D eigenvalue weighted by Gasteiger charge is -2.42. The monoisotopic (exact) mass is 432 g/mol. The van der Waals surface area contributed by atoms with Crippen LogP contribution in [0.4, 0.5) is 15.8 Å². The second-order valence-electron chi connectivity index (χ2n) is 7.80. The van der Waals surface area contributed by atoms with Crippen LogP contribution in [0.15, 0.2) is 72.8 Å². The van der Waals surface area contributed by atoms with E-state index in [0.717, 1.165) is 16.8 Å². The highest BCUT2D eigenvalue weighted by atomic mass is 32.2. The first-order valence-corrected chi connectivity index (χ1v) is 11.2. The van der Waals surface area contributed by atoms with Crippen LogP contribution in [0, 0.1) is 12.7 Å². The highest BCUT2D eigenvalue weighted by Gasteiger charge is 2.58. The summed E-state index contributed by atoms with van der Waals surface area (Å²) in [7, 11) is 0. The van der Waals surface area contributed by atoms with Gasteiger partial charge in [-0.25, -0.2) is 4.39 Å². The molecule has 1 atom stereocenters. The lowest BCUT2D eigenvalue weighted by atomic mass is 10.0. The van der Waals surface area contributed by atoms with E-state index in [0.29, 0.717) is 30.0 Å². The number of fused-ring (bicyclic) bond motifs is 2. The number of rotatable bonds is 3. The number of benzene rings is 3.